The summed E-state index contributed by atoms with van der Waals surface area (Å²) in [7, 11) is 0. The number of aryl methyl sites for hydroxylation is 1. The Labute approximate surface area is 116 Å². The molecule has 0 unspecified atom stereocenters. The Morgan fingerprint density at radius 1 is 1.16 bits per heavy atom. The van der Waals surface area contributed by atoms with Crippen LogP contribution in [0.1, 0.15) is 29.7 Å². The second-order valence-electron chi connectivity index (χ2n) is 4.97. The Morgan fingerprint density at radius 2 is 1.89 bits per heavy atom. The highest BCUT2D eigenvalue weighted by molar-refractivity contribution is 7.71. The van der Waals surface area contributed by atoms with Crippen molar-refractivity contribution in [3.8, 4) is 0 Å². The van der Waals surface area contributed by atoms with E-state index in [2.05, 4.69) is 4.98 Å². The van der Waals surface area contributed by atoms with Crippen LogP contribution in [0.4, 0.5) is 0 Å². The number of hydrogen-bond donors (Lipinski definition) is 1. The Balaban J connectivity index is 2.07. The van der Waals surface area contributed by atoms with Crippen molar-refractivity contribution >= 4 is 12.2 Å². The monoisotopic (exact) mass is 272 g/mol. The van der Waals surface area contributed by atoms with Gasteiger partial charge in [-0.15, -0.1) is 0 Å². The van der Waals surface area contributed by atoms with E-state index in [1.807, 2.05) is 30.3 Å². The minimum Gasteiger partial charge on any atom is -0.335 e. The van der Waals surface area contributed by atoms with Gasteiger partial charge in [0.05, 0.1) is 6.54 Å². The molecule has 1 aliphatic rings. The van der Waals surface area contributed by atoms with Gasteiger partial charge < -0.3 is 4.98 Å². The lowest BCUT2D eigenvalue weighted by Gasteiger charge is -2.17. The molecular weight excluding hydrogens is 256 g/mol. The van der Waals surface area contributed by atoms with Crippen LogP contribution in [0.5, 0.6) is 0 Å². The number of H-pyrrole nitrogens is 1. The lowest BCUT2D eigenvalue weighted by molar-refractivity contribution is 0.617. The molecule has 0 amide bonds. The van der Waals surface area contributed by atoms with E-state index in [4.69, 9.17) is 12.2 Å². The molecule has 1 aromatic heterocycles. The fourth-order valence-electron chi connectivity index (χ4n) is 2.64. The van der Waals surface area contributed by atoms with Gasteiger partial charge in [-0.05, 0) is 43.5 Å². The molecule has 0 saturated heterocycles. The van der Waals surface area contributed by atoms with Crippen molar-refractivity contribution in [3.05, 3.63) is 62.3 Å². The summed E-state index contributed by atoms with van der Waals surface area (Å²) in [6, 6.07) is 9.96. The lowest BCUT2D eigenvalue weighted by atomic mass is 9.97. The Hall–Kier alpha value is -1.68. The van der Waals surface area contributed by atoms with Crippen LogP contribution < -0.4 is 5.56 Å². The van der Waals surface area contributed by atoms with E-state index in [-0.39, 0.29) is 5.56 Å². The van der Waals surface area contributed by atoms with Crippen LogP contribution in [-0.4, -0.2) is 9.55 Å². The number of fused-ring (bicyclic) bond motifs is 1. The fourth-order valence-corrected chi connectivity index (χ4v) is 2.91. The first kappa shape index (κ1) is 12.4. The maximum absolute atomic E-state index is 12.5. The summed E-state index contributed by atoms with van der Waals surface area (Å²) in [4.78, 5) is 15.8. The molecule has 0 radical (unpaired) electrons. The van der Waals surface area contributed by atoms with E-state index < -0.39 is 0 Å². The average Bonchev–Trinajstić information content (AvgIpc) is 2.45. The molecule has 2 aromatic rings. The highest BCUT2D eigenvalue weighted by Crippen LogP contribution is 2.16. The number of nitrogens with zero attached hydrogens (tertiary/aromatic N) is 1. The van der Waals surface area contributed by atoms with Gasteiger partial charge in [-0.3, -0.25) is 9.36 Å². The van der Waals surface area contributed by atoms with Gasteiger partial charge in [-0.1, -0.05) is 30.3 Å². The lowest BCUT2D eigenvalue weighted by Crippen LogP contribution is -2.29. The molecule has 0 saturated carbocycles. The van der Waals surface area contributed by atoms with Crippen molar-refractivity contribution in [2.75, 3.05) is 0 Å². The second kappa shape index (κ2) is 5.13. The minimum atomic E-state index is 0.0855. The molecule has 19 heavy (non-hydrogen) atoms. The van der Waals surface area contributed by atoms with E-state index in [9.17, 15) is 4.79 Å². The second-order valence-corrected chi connectivity index (χ2v) is 5.36. The van der Waals surface area contributed by atoms with Crippen LogP contribution >= 0.6 is 12.2 Å². The SMILES string of the molecule is O=c1c2c([nH]c(=S)n1Cc1ccccc1)CCCC2. The van der Waals surface area contributed by atoms with Gasteiger partial charge in [0, 0.05) is 11.3 Å². The van der Waals surface area contributed by atoms with Crippen LogP contribution in [0, 0.1) is 4.77 Å². The molecule has 0 aliphatic heterocycles. The standard InChI is InChI=1S/C15H16N2OS/c18-14-12-8-4-5-9-13(12)16-15(19)17(14)10-11-6-2-1-3-7-11/h1-3,6-7H,4-5,8-10H2,(H,16,19). The van der Waals surface area contributed by atoms with Gasteiger partial charge in [0.1, 0.15) is 0 Å². The van der Waals surface area contributed by atoms with Crippen LogP contribution in [0.15, 0.2) is 35.1 Å². The molecule has 98 valence electrons. The maximum atomic E-state index is 12.5. The number of hydrogen-bond acceptors (Lipinski definition) is 2. The third kappa shape index (κ3) is 2.40. The molecule has 1 N–H and O–H groups in total. The first-order valence-electron chi connectivity index (χ1n) is 6.64. The normalized spacial score (nSPS) is 14.1. The zero-order valence-corrected chi connectivity index (χ0v) is 11.5. The number of aromatic amines is 1. The molecule has 1 heterocycles. The van der Waals surface area contributed by atoms with E-state index in [1.54, 1.807) is 4.57 Å². The first-order valence-corrected chi connectivity index (χ1v) is 7.05. The molecule has 1 aliphatic carbocycles. The van der Waals surface area contributed by atoms with E-state index in [0.717, 1.165) is 42.5 Å². The molecule has 4 heteroatoms. The predicted molar refractivity (Wildman–Crippen MR) is 78.1 cm³/mol. The van der Waals surface area contributed by atoms with Crippen LogP contribution in [0.3, 0.4) is 0 Å². The predicted octanol–water partition coefficient (Wildman–Crippen LogP) is 2.83. The zero-order valence-electron chi connectivity index (χ0n) is 10.7. The fraction of sp³-hybridized carbons (Fsp3) is 0.333. The molecule has 3 nitrogen and oxygen atoms in total. The maximum Gasteiger partial charge on any atom is 0.258 e. The summed E-state index contributed by atoms with van der Waals surface area (Å²) in [6.07, 6.45) is 4.05. The quantitative estimate of drug-likeness (QED) is 0.854. The van der Waals surface area contributed by atoms with Gasteiger partial charge in [0.2, 0.25) is 0 Å². The summed E-state index contributed by atoms with van der Waals surface area (Å²) in [5.74, 6) is 0. The molecule has 1 aromatic carbocycles. The first-order chi connectivity index (χ1) is 9.25. The highest BCUT2D eigenvalue weighted by Gasteiger charge is 2.15. The van der Waals surface area contributed by atoms with E-state index in [1.165, 1.54) is 0 Å². The average molecular weight is 272 g/mol. The van der Waals surface area contributed by atoms with Crippen LogP contribution in [0.2, 0.25) is 0 Å². The third-order valence-electron chi connectivity index (χ3n) is 3.66. The molecule has 0 spiro atoms. The van der Waals surface area contributed by atoms with Gasteiger partial charge in [-0.2, -0.15) is 0 Å². The van der Waals surface area contributed by atoms with E-state index >= 15 is 0 Å². The molecule has 0 atom stereocenters. The number of aromatic nitrogens is 2. The zero-order chi connectivity index (χ0) is 13.2. The van der Waals surface area contributed by atoms with Crippen molar-refractivity contribution in [3.63, 3.8) is 0 Å². The Kier molecular flexibility index (Phi) is 3.34. The number of rotatable bonds is 2. The van der Waals surface area contributed by atoms with Crippen molar-refractivity contribution in [1.29, 1.82) is 0 Å². The summed E-state index contributed by atoms with van der Waals surface area (Å²) >= 11 is 5.33. The van der Waals surface area contributed by atoms with Gasteiger partial charge in [0.25, 0.3) is 5.56 Å². The van der Waals surface area contributed by atoms with Crippen molar-refractivity contribution in [2.24, 2.45) is 0 Å². The van der Waals surface area contributed by atoms with Crippen molar-refractivity contribution in [2.45, 2.75) is 32.2 Å². The third-order valence-corrected chi connectivity index (χ3v) is 3.98. The Bertz CT molecular complexity index is 700. The molecule has 0 fully saturated rings. The summed E-state index contributed by atoms with van der Waals surface area (Å²) in [5, 5.41) is 0. The topological polar surface area (TPSA) is 37.8 Å². The smallest absolute Gasteiger partial charge is 0.258 e. The largest absolute Gasteiger partial charge is 0.335 e. The summed E-state index contributed by atoms with van der Waals surface area (Å²) in [5.41, 5.74) is 3.16. The van der Waals surface area contributed by atoms with Crippen molar-refractivity contribution < 1.29 is 0 Å². The van der Waals surface area contributed by atoms with Crippen LogP contribution in [0.25, 0.3) is 0 Å². The van der Waals surface area contributed by atoms with Gasteiger partial charge in [0.15, 0.2) is 4.77 Å². The van der Waals surface area contributed by atoms with Gasteiger partial charge >= 0.3 is 0 Å². The van der Waals surface area contributed by atoms with Gasteiger partial charge in [-0.25, -0.2) is 0 Å². The van der Waals surface area contributed by atoms with Crippen LogP contribution in [-0.2, 0) is 19.4 Å². The van der Waals surface area contributed by atoms with Crippen molar-refractivity contribution in [1.82, 2.24) is 9.55 Å². The number of benzene rings is 1. The van der Waals surface area contributed by atoms with E-state index in [0.29, 0.717) is 11.3 Å². The molecule has 3 rings (SSSR count). The minimum absolute atomic E-state index is 0.0855. The highest BCUT2D eigenvalue weighted by atomic mass is 32.1. The molecule has 0 bridgehead atoms. The summed E-state index contributed by atoms with van der Waals surface area (Å²) in [6.45, 7) is 0.544. The summed E-state index contributed by atoms with van der Waals surface area (Å²) < 4.78 is 2.21. The Morgan fingerprint density at radius 3 is 2.68 bits per heavy atom. The number of nitrogens with one attached hydrogen (secondary N) is 1. The molecular formula is C15H16N2OS.